The molecule has 0 aliphatic rings. The van der Waals surface area contributed by atoms with Crippen LogP contribution in [0.15, 0.2) is 28.9 Å². The lowest BCUT2D eigenvalue weighted by Crippen LogP contribution is -2.06. The SMILES string of the molecule is CC(C)C(=O)/C=C(/N)c1ccco1. The van der Waals surface area contributed by atoms with E-state index in [0.29, 0.717) is 11.5 Å². The molecule has 1 aromatic heterocycles. The Morgan fingerprint density at radius 1 is 1.62 bits per heavy atom. The summed E-state index contributed by atoms with van der Waals surface area (Å²) in [7, 11) is 0. The van der Waals surface area contributed by atoms with Crippen LogP contribution in [0, 0.1) is 5.92 Å². The molecule has 0 atom stereocenters. The largest absolute Gasteiger partial charge is 0.463 e. The van der Waals surface area contributed by atoms with E-state index in [0.717, 1.165) is 0 Å². The fraction of sp³-hybridized carbons (Fsp3) is 0.300. The zero-order chi connectivity index (χ0) is 9.84. The van der Waals surface area contributed by atoms with Crippen LogP contribution in [-0.2, 0) is 4.79 Å². The van der Waals surface area contributed by atoms with Crippen LogP contribution in [-0.4, -0.2) is 5.78 Å². The summed E-state index contributed by atoms with van der Waals surface area (Å²) in [6.45, 7) is 3.66. The van der Waals surface area contributed by atoms with Crippen molar-refractivity contribution in [2.75, 3.05) is 0 Å². The fourth-order valence-corrected chi connectivity index (χ4v) is 0.834. The molecule has 0 aromatic carbocycles. The predicted molar refractivity (Wildman–Crippen MR) is 50.7 cm³/mol. The molecular weight excluding hydrogens is 166 g/mol. The molecule has 0 fully saturated rings. The van der Waals surface area contributed by atoms with Crippen molar-refractivity contribution in [3.8, 4) is 0 Å². The highest BCUT2D eigenvalue weighted by atomic mass is 16.3. The average Bonchev–Trinajstić information content (AvgIpc) is 2.55. The van der Waals surface area contributed by atoms with Crippen molar-refractivity contribution in [2.24, 2.45) is 11.7 Å². The summed E-state index contributed by atoms with van der Waals surface area (Å²) in [6, 6.07) is 3.45. The summed E-state index contributed by atoms with van der Waals surface area (Å²) in [4.78, 5) is 11.3. The zero-order valence-electron chi connectivity index (χ0n) is 7.78. The Kier molecular flexibility index (Phi) is 2.90. The van der Waals surface area contributed by atoms with Gasteiger partial charge >= 0.3 is 0 Å². The second-order valence-electron chi connectivity index (χ2n) is 3.13. The summed E-state index contributed by atoms with van der Waals surface area (Å²) in [5, 5.41) is 0. The van der Waals surface area contributed by atoms with E-state index < -0.39 is 0 Å². The summed E-state index contributed by atoms with van der Waals surface area (Å²) in [6.07, 6.45) is 2.93. The lowest BCUT2D eigenvalue weighted by molar-refractivity contribution is -0.117. The van der Waals surface area contributed by atoms with E-state index in [9.17, 15) is 4.79 Å². The number of carbonyl (C=O) groups is 1. The van der Waals surface area contributed by atoms with Crippen LogP contribution < -0.4 is 5.73 Å². The van der Waals surface area contributed by atoms with E-state index in [2.05, 4.69) is 0 Å². The molecule has 0 saturated heterocycles. The normalized spacial score (nSPS) is 12.1. The van der Waals surface area contributed by atoms with Crippen LogP contribution in [0.1, 0.15) is 19.6 Å². The number of nitrogens with two attached hydrogens (primary N) is 1. The van der Waals surface area contributed by atoms with Gasteiger partial charge in [-0.1, -0.05) is 13.8 Å². The number of ketones is 1. The monoisotopic (exact) mass is 179 g/mol. The highest BCUT2D eigenvalue weighted by Gasteiger charge is 2.06. The lowest BCUT2D eigenvalue weighted by atomic mass is 10.1. The quantitative estimate of drug-likeness (QED) is 0.720. The molecule has 3 heteroatoms. The Morgan fingerprint density at radius 3 is 2.77 bits per heavy atom. The van der Waals surface area contributed by atoms with Gasteiger partial charge in [-0.15, -0.1) is 0 Å². The van der Waals surface area contributed by atoms with Gasteiger partial charge in [0, 0.05) is 12.0 Å². The van der Waals surface area contributed by atoms with Crippen molar-refractivity contribution in [1.82, 2.24) is 0 Å². The van der Waals surface area contributed by atoms with Gasteiger partial charge < -0.3 is 10.2 Å². The average molecular weight is 179 g/mol. The van der Waals surface area contributed by atoms with E-state index in [1.165, 1.54) is 12.3 Å². The second kappa shape index (κ2) is 3.94. The van der Waals surface area contributed by atoms with Gasteiger partial charge in [-0.05, 0) is 12.1 Å². The van der Waals surface area contributed by atoms with Crippen molar-refractivity contribution in [3.05, 3.63) is 30.2 Å². The summed E-state index contributed by atoms with van der Waals surface area (Å²) < 4.78 is 5.03. The third-order valence-corrected chi connectivity index (χ3v) is 1.67. The molecule has 1 aromatic rings. The van der Waals surface area contributed by atoms with E-state index in [1.807, 2.05) is 13.8 Å². The fourth-order valence-electron chi connectivity index (χ4n) is 0.834. The minimum absolute atomic E-state index is 0.00824. The minimum Gasteiger partial charge on any atom is -0.463 e. The Bertz CT molecular complexity index is 310. The van der Waals surface area contributed by atoms with Crippen LogP contribution >= 0.6 is 0 Å². The van der Waals surface area contributed by atoms with E-state index >= 15 is 0 Å². The Balaban J connectivity index is 2.78. The van der Waals surface area contributed by atoms with Gasteiger partial charge in [0.05, 0.1) is 12.0 Å². The van der Waals surface area contributed by atoms with Crippen molar-refractivity contribution in [1.29, 1.82) is 0 Å². The third kappa shape index (κ3) is 2.47. The summed E-state index contributed by atoms with van der Waals surface area (Å²) >= 11 is 0. The van der Waals surface area contributed by atoms with Crippen molar-refractivity contribution in [2.45, 2.75) is 13.8 Å². The molecule has 0 saturated carbocycles. The maximum atomic E-state index is 11.3. The van der Waals surface area contributed by atoms with Crippen LogP contribution in [0.3, 0.4) is 0 Å². The molecule has 0 radical (unpaired) electrons. The van der Waals surface area contributed by atoms with E-state index in [4.69, 9.17) is 10.2 Å². The molecule has 13 heavy (non-hydrogen) atoms. The summed E-state index contributed by atoms with van der Waals surface area (Å²) in [5.74, 6) is 0.511. The number of hydrogen-bond donors (Lipinski definition) is 1. The van der Waals surface area contributed by atoms with Crippen molar-refractivity contribution < 1.29 is 9.21 Å². The molecule has 2 N–H and O–H groups in total. The first-order valence-corrected chi connectivity index (χ1v) is 4.16. The zero-order valence-corrected chi connectivity index (χ0v) is 7.78. The van der Waals surface area contributed by atoms with Gasteiger partial charge in [0.25, 0.3) is 0 Å². The smallest absolute Gasteiger partial charge is 0.160 e. The molecule has 0 aliphatic carbocycles. The minimum atomic E-state index is -0.0338. The molecule has 0 unspecified atom stereocenters. The second-order valence-corrected chi connectivity index (χ2v) is 3.13. The number of carbonyl (C=O) groups excluding carboxylic acids is 1. The van der Waals surface area contributed by atoms with Gasteiger partial charge in [0.1, 0.15) is 5.76 Å². The van der Waals surface area contributed by atoms with Crippen LogP contribution in [0.25, 0.3) is 5.70 Å². The Morgan fingerprint density at radius 2 is 2.31 bits per heavy atom. The van der Waals surface area contributed by atoms with Crippen LogP contribution in [0.5, 0.6) is 0 Å². The standard InChI is InChI=1S/C10H13NO2/c1-7(2)9(12)6-8(11)10-4-3-5-13-10/h3-7H,11H2,1-2H3/b8-6+. The van der Waals surface area contributed by atoms with Crippen molar-refractivity contribution in [3.63, 3.8) is 0 Å². The topological polar surface area (TPSA) is 56.2 Å². The number of furan rings is 1. The maximum absolute atomic E-state index is 11.3. The third-order valence-electron chi connectivity index (χ3n) is 1.67. The van der Waals surface area contributed by atoms with Gasteiger partial charge in [-0.25, -0.2) is 0 Å². The first-order valence-electron chi connectivity index (χ1n) is 4.16. The Hall–Kier alpha value is -1.51. The Labute approximate surface area is 77.2 Å². The summed E-state index contributed by atoms with van der Waals surface area (Å²) in [5.41, 5.74) is 6.00. The molecule has 70 valence electrons. The van der Waals surface area contributed by atoms with E-state index in [1.54, 1.807) is 12.1 Å². The highest BCUT2D eigenvalue weighted by Crippen LogP contribution is 2.10. The first kappa shape index (κ1) is 9.58. The van der Waals surface area contributed by atoms with E-state index in [-0.39, 0.29) is 11.7 Å². The first-order chi connectivity index (χ1) is 6.11. The molecule has 1 rings (SSSR count). The molecule has 3 nitrogen and oxygen atoms in total. The van der Waals surface area contributed by atoms with Crippen LogP contribution in [0.4, 0.5) is 0 Å². The van der Waals surface area contributed by atoms with Gasteiger partial charge in [0.2, 0.25) is 0 Å². The van der Waals surface area contributed by atoms with Gasteiger partial charge in [-0.2, -0.15) is 0 Å². The number of allylic oxidation sites excluding steroid dienone is 1. The molecule has 0 spiro atoms. The van der Waals surface area contributed by atoms with Crippen molar-refractivity contribution >= 4 is 11.5 Å². The van der Waals surface area contributed by atoms with Crippen LogP contribution in [0.2, 0.25) is 0 Å². The molecular formula is C10H13NO2. The molecule has 0 aliphatic heterocycles. The van der Waals surface area contributed by atoms with Gasteiger partial charge in [-0.3, -0.25) is 4.79 Å². The van der Waals surface area contributed by atoms with Gasteiger partial charge in [0.15, 0.2) is 5.78 Å². The number of rotatable bonds is 3. The molecule has 0 bridgehead atoms. The predicted octanol–water partition coefficient (Wildman–Crippen LogP) is 1.80. The highest BCUT2D eigenvalue weighted by molar-refractivity contribution is 5.96. The number of hydrogen-bond acceptors (Lipinski definition) is 3. The molecule has 1 heterocycles. The lowest BCUT2D eigenvalue weighted by Gasteiger charge is -1.99. The molecule has 0 amide bonds. The maximum Gasteiger partial charge on any atom is 0.160 e.